The minimum atomic E-state index is -2.77. The molecule has 25 heavy (non-hydrogen) atoms. The Morgan fingerprint density at radius 1 is 1.16 bits per heavy atom. The van der Waals surface area contributed by atoms with E-state index in [2.05, 4.69) is 5.32 Å². The molecule has 1 aromatic carbocycles. The molecule has 0 fully saturated rings. The van der Waals surface area contributed by atoms with E-state index in [4.69, 9.17) is 13.6 Å². The maximum Gasteiger partial charge on any atom is 0.336 e. The standard InChI is InChI=1S/C17H18N2O6/c1-9-13(16(20)24-3)15(14(10(2)18-9)17(21)25-4)11-7-5-6-8-12(11)19(22)23/h5-8,15,18H,1-4H3/i1D3. The molecule has 1 N–H and O–H groups in total. The molecule has 0 radical (unpaired) electrons. The molecule has 8 nitrogen and oxygen atoms in total. The number of nitrogens with one attached hydrogen (secondary N) is 1. The van der Waals surface area contributed by atoms with E-state index in [0.717, 1.165) is 14.2 Å². The molecule has 1 heterocycles. The van der Waals surface area contributed by atoms with Gasteiger partial charge in [0.25, 0.3) is 5.69 Å². The minimum Gasteiger partial charge on any atom is -0.466 e. The average molecular weight is 349 g/mol. The number of rotatable bonds is 4. The van der Waals surface area contributed by atoms with Crippen molar-refractivity contribution in [2.24, 2.45) is 0 Å². The van der Waals surface area contributed by atoms with Crippen molar-refractivity contribution in [2.75, 3.05) is 14.2 Å². The maximum absolute atomic E-state index is 12.5. The van der Waals surface area contributed by atoms with Crippen LogP contribution >= 0.6 is 0 Å². The zero-order valence-electron chi connectivity index (χ0n) is 16.8. The summed E-state index contributed by atoms with van der Waals surface area (Å²) in [6.45, 7) is -1.35. The van der Waals surface area contributed by atoms with Crippen LogP contribution in [0.25, 0.3) is 0 Å². The van der Waals surface area contributed by atoms with Crippen LogP contribution in [-0.2, 0) is 19.1 Å². The van der Waals surface area contributed by atoms with Crippen LogP contribution in [0.3, 0.4) is 0 Å². The molecule has 0 spiro atoms. The van der Waals surface area contributed by atoms with Gasteiger partial charge in [-0.1, -0.05) is 18.2 Å². The Bertz CT molecular complexity index is 904. The number of para-hydroxylation sites is 1. The number of carbonyl (C=O) groups is 2. The van der Waals surface area contributed by atoms with Crippen LogP contribution < -0.4 is 5.32 Å². The van der Waals surface area contributed by atoms with Crippen LogP contribution in [0.2, 0.25) is 0 Å². The lowest BCUT2D eigenvalue weighted by Crippen LogP contribution is -2.32. The Morgan fingerprint density at radius 3 is 2.24 bits per heavy atom. The summed E-state index contributed by atoms with van der Waals surface area (Å²) in [4.78, 5) is 35.8. The molecule has 0 amide bonds. The van der Waals surface area contributed by atoms with Gasteiger partial charge in [0.05, 0.1) is 36.2 Å². The Morgan fingerprint density at radius 2 is 1.72 bits per heavy atom. The zero-order chi connectivity index (χ0) is 21.2. The lowest BCUT2D eigenvalue weighted by atomic mass is 9.79. The number of hydrogen-bond donors (Lipinski definition) is 1. The predicted molar refractivity (Wildman–Crippen MR) is 88.4 cm³/mol. The highest BCUT2D eigenvalue weighted by molar-refractivity contribution is 6.00. The fraction of sp³-hybridized carbons (Fsp3) is 0.294. The molecule has 0 bridgehead atoms. The lowest BCUT2D eigenvalue weighted by molar-refractivity contribution is -0.385. The summed E-state index contributed by atoms with van der Waals surface area (Å²) in [7, 11) is 2.16. The normalized spacial score (nSPS) is 19.3. The number of dihydropyridines is 1. The fourth-order valence-corrected chi connectivity index (χ4v) is 2.75. The van der Waals surface area contributed by atoms with Gasteiger partial charge < -0.3 is 14.8 Å². The van der Waals surface area contributed by atoms with Crippen molar-refractivity contribution in [1.82, 2.24) is 5.32 Å². The van der Waals surface area contributed by atoms with Gasteiger partial charge in [0.2, 0.25) is 0 Å². The number of carbonyl (C=O) groups excluding carboxylic acids is 2. The Hall–Kier alpha value is -3.16. The van der Waals surface area contributed by atoms with E-state index >= 15 is 0 Å². The molecule has 0 aromatic heterocycles. The monoisotopic (exact) mass is 349 g/mol. The van der Waals surface area contributed by atoms with Gasteiger partial charge in [-0.15, -0.1) is 0 Å². The molecule has 0 saturated heterocycles. The number of nitrogens with zero attached hydrogens (tertiary/aromatic N) is 1. The lowest BCUT2D eigenvalue weighted by Gasteiger charge is -2.29. The summed E-state index contributed by atoms with van der Waals surface area (Å²) in [6, 6.07) is 5.46. The first-order valence-electron chi connectivity index (χ1n) is 8.67. The van der Waals surface area contributed by atoms with E-state index in [-0.39, 0.29) is 22.5 Å². The molecule has 0 saturated carbocycles. The number of nitro groups is 1. The molecule has 1 aliphatic heterocycles. The first kappa shape index (κ1) is 14.2. The minimum absolute atomic E-state index is 0.0316. The van der Waals surface area contributed by atoms with Gasteiger partial charge in [-0.2, -0.15) is 0 Å². The molecule has 0 aliphatic carbocycles. The second-order valence-electron chi connectivity index (χ2n) is 5.18. The number of benzene rings is 1. The van der Waals surface area contributed by atoms with Crippen LogP contribution in [0.5, 0.6) is 0 Å². The second kappa shape index (κ2) is 7.16. The van der Waals surface area contributed by atoms with E-state index in [1.807, 2.05) is 0 Å². The zero-order valence-corrected chi connectivity index (χ0v) is 13.8. The molecule has 1 unspecified atom stereocenters. The van der Waals surface area contributed by atoms with E-state index in [1.165, 1.54) is 31.2 Å². The predicted octanol–water partition coefficient (Wildman–Crippen LogP) is 2.18. The van der Waals surface area contributed by atoms with Crippen molar-refractivity contribution in [3.8, 4) is 0 Å². The van der Waals surface area contributed by atoms with E-state index in [1.54, 1.807) is 0 Å². The second-order valence-corrected chi connectivity index (χ2v) is 5.18. The highest BCUT2D eigenvalue weighted by atomic mass is 16.6. The van der Waals surface area contributed by atoms with Crippen molar-refractivity contribution in [1.29, 1.82) is 0 Å². The maximum atomic E-state index is 12.5. The largest absolute Gasteiger partial charge is 0.466 e. The summed E-state index contributed by atoms with van der Waals surface area (Å²) in [5, 5.41) is 14.1. The van der Waals surface area contributed by atoms with Crippen LogP contribution in [0, 0.1) is 10.1 Å². The van der Waals surface area contributed by atoms with E-state index in [9.17, 15) is 19.7 Å². The summed E-state index contributed by atoms with van der Waals surface area (Å²) >= 11 is 0. The SMILES string of the molecule is [2H]C([2H])([2H])C1=C(C(=O)OC)C(c2ccccc2[N+](=O)[O-])C(C(=O)OC)=C(C)N1. The number of hydrogen-bond acceptors (Lipinski definition) is 7. The summed E-state index contributed by atoms with van der Waals surface area (Å²) in [5.74, 6) is -3.26. The van der Waals surface area contributed by atoms with Gasteiger partial charge in [-0.3, -0.25) is 10.1 Å². The van der Waals surface area contributed by atoms with Crippen LogP contribution in [0.1, 0.15) is 29.4 Å². The molecule has 8 heteroatoms. The summed E-state index contributed by atoms with van der Waals surface area (Å²) in [6.07, 6.45) is 0. The smallest absolute Gasteiger partial charge is 0.336 e. The molecule has 2 rings (SSSR count). The van der Waals surface area contributed by atoms with Crippen molar-refractivity contribution in [2.45, 2.75) is 19.7 Å². The first-order chi connectivity index (χ1) is 13.0. The highest BCUT2D eigenvalue weighted by Crippen LogP contribution is 2.42. The van der Waals surface area contributed by atoms with Gasteiger partial charge in [-0.25, -0.2) is 9.59 Å². The van der Waals surface area contributed by atoms with Gasteiger partial charge in [0.15, 0.2) is 0 Å². The van der Waals surface area contributed by atoms with Gasteiger partial charge in [0.1, 0.15) is 0 Å². The van der Waals surface area contributed by atoms with Crippen LogP contribution in [0.15, 0.2) is 46.8 Å². The average Bonchev–Trinajstić information content (AvgIpc) is 2.65. The molecule has 1 aromatic rings. The van der Waals surface area contributed by atoms with Crippen molar-refractivity contribution in [3.63, 3.8) is 0 Å². The quantitative estimate of drug-likeness (QED) is 0.504. The molecule has 132 valence electrons. The van der Waals surface area contributed by atoms with E-state index < -0.39 is 40.9 Å². The Labute approximate surface area is 148 Å². The third-order valence-corrected chi connectivity index (χ3v) is 3.82. The van der Waals surface area contributed by atoms with E-state index in [0.29, 0.717) is 0 Å². The number of ether oxygens (including phenoxy) is 2. The Balaban J connectivity index is 2.94. The number of allylic oxidation sites excluding steroid dienone is 2. The number of nitro benzene ring substituents is 1. The first-order valence-corrected chi connectivity index (χ1v) is 7.17. The fourth-order valence-electron chi connectivity index (χ4n) is 2.75. The van der Waals surface area contributed by atoms with Gasteiger partial charge >= 0.3 is 11.9 Å². The topological polar surface area (TPSA) is 108 Å². The molecular formula is C17H18N2O6. The highest BCUT2D eigenvalue weighted by Gasteiger charge is 2.40. The van der Waals surface area contributed by atoms with Crippen LogP contribution in [0.4, 0.5) is 5.69 Å². The summed E-state index contributed by atoms with van der Waals surface area (Å²) < 4.78 is 32.8. The third kappa shape index (κ3) is 3.23. The van der Waals surface area contributed by atoms with Crippen molar-refractivity contribution < 1.29 is 28.1 Å². The number of methoxy groups -OCH3 is 2. The van der Waals surface area contributed by atoms with Crippen molar-refractivity contribution in [3.05, 3.63) is 62.5 Å². The van der Waals surface area contributed by atoms with Crippen LogP contribution in [-0.4, -0.2) is 31.1 Å². The van der Waals surface area contributed by atoms with Gasteiger partial charge in [0, 0.05) is 27.1 Å². The van der Waals surface area contributed by atoms with Gasteiger partial charge in [-0.05, 0) is 13.8 Å². The summed E-state index contributed by atoms with van der Waals surface area (Å²) in [5.41, 5.74) is -1.31. The van der Waals surface area contributed by atoms with Crippen molar-refractivity contribution >= 4 is 17.6 Å². The Kier molecular flexibility index (Phi) is 4.07. The molecular weight excluding hydrogens is 328 g/mol. The molecule has 1 atom stereocenters. The number of esters is 2. The third-order valence-electron chi connectivity index (χ3n) is 3.82. The molecule has 1 aliphatic rings.